The zero-order valence-electron chi connectivity index (χ0n) is 14.4. The predicted molar refractivity (Wildman–Crippen MR) is 97.4 cm³/mol. The number of hydrogen-bond acceptors (Lipinski definition) is 4. The first-order chi connectivity index (χ1) is 12.4. The van der Waals surface area contributed by atoms with E-state index in [0.29, 0.717) is 5.69 Å². The number of carbonyl (C=O) groups excluding carboxylic acids is 3. The van der Waals surface area contributed by atoms with Gasteiger partial charge in [0.1, 0.15) is 6.04 Å². The van der Waals surface area contributed by atoms with Gasteiger partial charge in [-0.2, -0.15) is 0 Å². The van der Waals surface area contributed by atoms with Gasteiger partial charge in [0.05, 0.1) is 0 Å². The number of benzene rings is 2. The maximum absolute atomic E-state index is 12.2. The molecular weight excluding hydrogens is 334 g/mol. The predicted octanol–water partition coefficient (Wildman–Crippen LogP) is 1.76. The van der Waals surface area contributed by atoms with Gasteiger partial charge < -0.3 is 21.1 Å². The van der Waals surface area contributed by atoms with E-state index in [-0.39, 0.29) is 6.42 Å². The number of esters is 1. The lowest BCUT2D eigenvalue weighted by Gasteiger charge is -2.16. The Morgan fingerprint density at radius 2 is 1.81 bits per heavy atom. The second-order valence-corrected chi connectivity index (χ2v) is 5.78. The highest BCUT2D eigenvalue weighted by atomic mass is 16.5. The first-order valence-electron chi connectivity index (χ1n) is 8.07. The third kappa shape index (κ3) is 6.27. The van der Waals surface area contributed by atoms with Gasteiger partial charge in [0.15, 0.2) is 6.61 Å². The van der Waals surface area contributed by atoms with E-state index in [9.17, 15) is 14.4 Å². The van der Waals surface area contributed by atoms with E-state index in [0.717, 1.165) is 11.1 Å². The van der Waals surface area contributed by atoms with E-state index in [1.807, 2.05) is 49.4 Å². The number of carbonyl (C=O) groups is 3. The molecule has 26 heavy (non-hydrogen) atoms. The zero-order chi connectivity index (χ0) is 18.9. The molecule has 0 spiro atoms. The second-order valence-electron chi connectivity index (χ2n) is 5.78. The van der Waals surface area contributed by atoms with Gasteiger partial charge in [0, 0.05) is 12.1 Å². The summed E-state index contributed by atoms with van der Waals surface area (Å²) in [7, 11) is 0. The summed E-state index contributed by atoms with van der Waals surface area (Å²) < 4.78 is 5.02. The van der Waals surface area contributed by atoms with Crippen molar-refractivity contribution in [3.05, 3.63) is 65.7 Å². The maximum Gasteiger partial charge on any atom is 0.329 e. The SMILES string of the molecule is Cc1cccc(NC(=O)COC(=O)[C@H](Cc2ccccc2)NC(N)=O)c1. The largest absolute Gasteiger partial charge is 0.454 e. The highest BCUT2D eigenvalue weighted by molar-refractivity contribution is 5.93. The van der Waals surface area contributed by atoms with E-state index in [1.54, 1.807) is 12.1 Å². The lowest BCUT2D eigenvalue weighted by atomic mass is 10.1. The fourth-order valence-corrected chi connectivity index (χ4v) is 2.37. The Kier molecular flexibility index (Phi) is 6.73. The minimum Gasteiger partial charge on any atom is -0.454 e. The molecule has 2 aromatic rings. The van der Waals surface area contributed by atoms with Crippen molar-refractivity contribution in [1.82, 2.24) is 5.32 Å². The Balaban J connectivity index is 1.91. The van der Waals surface area contributed by atoms with Crippen molar-refractivity contribution in [3.8, 4) is 0 Å². The Hall–Kier alpha value is -3.35. The number of nitrogens with two attached hydrogens (primary N) is 1. The van der Waals surface area contributed by atoms with E-state index in [2.05, 4.69) is 10.6 Å². The Morgan fingerprint density at radius 3 is 2.46 bits per heavy atom. The van der Waals surface area contributed by atoms with Crippen molar-refractivity contribution in [2.24, 2.45) is 5.73 Å². The minimum absolute atomic E-state index is 0.210. The molecule has 0 radical (unpaired) electrons. The van der Waals surface area contributed by atoms with Gasteiger partial charge in [-0.3, -0.25) is 4.79 Å². The Morgan fingerprint density at radius 1 is 1.08 bits per heavy atom. The highest BCUT2D eigenvalue weighted by Gasteiger charge is 2.22. The monoisotopic (exact) mass is 355 g/mol. The van der Waals surface area contributed by atoms with Crippen LogP contribution in [0.25, 0.3) is 0 Å². The molecule has 1 atom stereocenters. The summed E-state index contributed by atoms with van der Waals surface area (Å²) in [6.45, 7) is 1.44. The van der Waals surface area contributed by atoms with E-state index in [1.165, 1.54) is 0 Å². The number of hydrogen-bond donors (Lipinski definition) is 3. The smallest absolute Gasteiger partial charge is 0.329 e. The fourth-order valence-electron chi connectivity index (χ4n) is 2.37. The standard InChI is InChI=1S/C19H21N3O4/c1-13-6-5-9-15(10-13)21-17(23)12-26-18(24)16(22-19(20)25)11-14-7-3-2-4-8-14/h2-10,16H,11-12H2,1H3,(H,21,23)(H3,20,22,25)/t16-/m0/s1. The average molecular weight is 355 g/mol. The van der Waals surface area contributed by atoms with Crippen LogP contribution in [0.4, 0.5) is 10.5 Å². The van der Waals surface area contributed by atoms with Gasteiger partial charge in [-0.1, -0.05) is 42.5 Å². The molecule has 0 fully saturated rings. The van der Waals surface area contributed by atoms with Crippen LogP contribution in [-0.2, 0) is 20.7 Å². The van der Waals surface area contributed by atoms with Gasteiger partial charge in [-0.25, -0.2) is 9.59 Å². The molecule has 0 heterocycles. The summed E-state index contributed by atoms with van der Waals surface area (Å²) in [5.41, 5.74) is 7.55. The molecule has 0 saturated heterocycles. The van der Waals surface area contributed by atoms with Crippen molar-refractivity contribution in [1.29, 1.82) is 0 Å². The zero-order valence-corrected chi connectivity index (χ0v) is 14.4. The average Bonchev–Trinajstić information content (AvgIpc) is 2.59. The molecule has 7 nitrogen and oxygen atoms in total. The number of urea groups is 1. The number of aryl methyl sites for hydroxylation is 1. The van der Waals surface area contributed by atoms with Gasteiger partial charge in [-0.05, 0) is 30.2 Å². The van der Waals surface area contributed by atoms with Crippen LogP contribution in [0, 0.1) is 6.92 Å². The minimum atomic E-state index is -0.971. The number of nitrogens with one attached hydrogen (secondary N) is 2. The van der Waals surface area contributed by atoms with Crippen molar-refractivity contribution in [2.45, 2.75) is 19.4 Å². The molecule has 0 aliphatic rings. The Bertz CT molecular complexity index is 777. The molecule has 0 unspecified atom stereocenters. The van der Waals surface area contributed by atoms with E-state index >= 15 is 0 Å². The lowest BCUT2D eigenvalue weighted by Crippen LogP contribution is -2.46. The van der Waals surface area contributed by atoms with Crippen molar-refractivity contribution in [3.63, 3.8) is 0 Å². The van der Waals surface area contributed by atoms with E-state index < -0.39 is 30.6 Å². The first-order valence-corrected chi connectivity index (χ1v) is 8.07. The second kappa shape index (κ2) is 9.22. The molecule has 7 heteroatoms. The van der Waals surface area contributed by atoms with Crippen LogP contribution in [0.1, 0.15) is 11.1 Å². The normalized spacial score (nSPS) is 11.3. The number of primary amides is 1. The number of amides is 3. The van der Waals surface area contributed by atoms with Crippen LogP contribution < -0.4 is 16.4 Å². The summed E-state index contributed by atoms with van der Waals surface area (Å²) in [6.07, 6.45) is 0.210. The molecule has 4 N–H and O–H groups in total. The summed E-state index contributed by atoms with van der Waals surface area (Å²) in [4.78, 5) is 35.3. The van der Waals surface area contributed by atoms with Gasteiger partial charge in [0.25, 0.3) is 5.91 Å². The Labute approximate surface area is 151 Å². The van der Waals surface area contributed by atoms with Gasteiger partial charge >= 0.3 is 12.0 Å². The first kappa shape index (κ1) is 19.0. The molecule has 2 aromatic carbocycles. The molecular formula is C19H21N3O4. The number of anilines is 1. The van der Waals surface area contributed by atoms with Crippen molar-refractivity contribution in [2.75, 3.05) is 11.9 Å². The third-order valence-corrected chi connectivity index (χ3v) is 3.53. The summed E-state index contributed by atoms with van der Waals surface area (Å²) in [5.74, 6) is -1.20. The summed E-state index contributed by atoms with van der Waals surface area (Å²) in [6, 6.07) is 14.5. The van der Waals surface area contributed by atoms with Crippen molar-refractivity contribution < 1.29 is 19.1 Å². The molecule has 0 aromatic heterocycles. The summed E-state index contributed by atoms with van der Waals surface area (Å²) >= 11 is 0. The molecule has 0 aliphatic carbocycles. The lowest BCUT2D eigenvalue weighted by molar-refractivity contribution is -0.149. The molecule has 0 saturated carbocycles. The van der Waals surface area contributed by atoms with Crippen LogP contribution in [-0.4, -0.2) is 30.6 Å². The third-order valence-electron chi connectivity index (χ3n) is 3.53. The van der Waals surface area contributed by atoms with Crippen molar-refractivity contribution >= 4 is 23.6 Å². The van der Waals surface area contributed by atoms with Gasteiger partial charge in [-0.15, -0.1) is 0 Å². The molecule has 3 amide bonds. The number of ether oxygens (including phenoxy) is 1. The fraction of sp³-hybridized carbons (Fsp3) is 0.211. The topological polar surface area (TPSA) is 111 Å². The van der Waals surface area contributed by atoms with Crippen LogP contribution >= 0.6 is 0 Å². The highest BCUT2D eigenvalue weighted by Crippen LogP contribution is 2.09. The van der Waals surface area contributed by atoms with Crippen LogP contribution in [0.15, 0.2) is 54.6 Å². The van der Waals surface area contributed by atoms with E-state index in [4.69, 9.17) is 10.5 Å². The molecule has 2 rings (SSSR count). The maximum atomic E-state index is 12.2. The quantitative estimate of drug-likeness (QED) is 0.657. The van der Waals surface area contributed by atoms with Gasteiger partial charge in [0.2, 0.25) is 0 Å². The summed E-state index contributed by atoms with van der Waals surface area (Å²) in [5, 5.41) is 4.98. The molecule has 136 valence electrons. The van der Waals surface area contributed by atoms with Crippen LogP contribution in [0.3, 0.4) is 0 Å². The molecule has 0 bridgehead atoms. The van der Waals surface area contributed by atoms with Crippen LogP contribution in [0.5, 0.6) is 0 Å². The van der Waals surface area contributed by atoms with Crippen LogP contribution in [0.2, 0.25) is 0 Å². The molecule has 0 aliphatic heterocycles. The number of rotatable bonds is 7.